The van der Waals surface area contributed by atoms with Crippen LogP contribution in [0.4, 0.5) is 11.5 Å². The second-order valence-corrected chi connectivity index (χ2v) is 25.4. The molecule has 0 aliphatic carbocycles. The Hall–Kier alpha value is -1.78. The number of rotatable bonds is 13. The zero-order valence-corrected chi connectivity index (χ0v) is 27.7. The van der Waals surface area contributed by atoms with Crippen LogP contribution in [0.3, 0.4) is 0 Å². The second-order valence-electron chi connectivity index (χ2n) is 12.4. The van der Waals surface area contributed by atoms with E-state index in [0.29, 0.717) is 19.6 Å². The third kappa shape index (κ3) is 6.27. The van der Waals surface area contributed by atoms with E-state index in [1.807, 2.05) is 6.07 Å². The van der Waals surface area contributed by atoms with E-state index in [1.165, 1.54) is 0 Å². The number of pyridine rings is 1. The summed E-state index contributed by atoms with van der Waals surface area (Å²) in [6.07, 6.45) is 6.61. The predicted octanol–water partition coefficient (Wildman–Crippen LogP) is 6.36. The number of aromatic nitrogens is 1. The average molecular weight is 648 g/mol. The summed E-state index contributed by atoms with van der Waals surface area (Å²) in [5.74, 6) is -0.0995. The van der Waals surface area contributed by atoms with Crippen LogP contribution in [-0.2, 0) is 4.79 Å². The number of hydrogen-bond acceptors (Lipinski definition) is 5. The number of quaternary nitrogens is 1. The number of nitrogens with one attached hydrogen (secondary N) is 1. The Bertz CT molecular complexity index is 1140. The van der Waals surface area contributed by atoms with E-state index in [-0.39, 0.29) is 15.1 Å². The number of aliphatic carboxylic acids is 1. The van der Waals surface area contributed by atoms with Gasteiger partial charge in [0.05, 0.1) is 0 Å². The van der Waals surface area contributed by atoms with E-state index >= 15 is 0 Å². The first-order valence-electron chi connectivity index (χ1n) is 14.9. The molecule has 2 heterocycles. The van der Waals surface area contributed by atoms with Crippen molar-refractivity contribution in [3.63, 3.8) is 0 Å². The van der Waals surface area contributed by atoms with E-state index in [0.717, 1.165) is 72.1 Å². The molecule has 39 heavy (non-hydrogen) atoms. The monoisotopic (exact) mass is 649 g/mol. The van der Waals surface area contributed by atoms with Crippen molar-refractivity contribution in [3.05, 3.63) is 34.4 Å². The van der Waals surface area contributed by atoms with Crippen molar-refractivity contribution in [2.75, 3.05) is 19.6 Å². The molecule has 2 unspecified atom stereocenters. The van der Waals surface area contributed by atoms with Gasteiger partial charge in [-0.15, -0.1) is 0 Å². The Morgan fingerprint density at radius 1 is 1.08 bits per heavy atom. The summed E-state index contributed by atoms with van der Waals surface area (Å²) >= 11 is -3.24. The number of hydrogen-bond donors (Lipinski definition) is 2. The van der Waals surface area contributed by atoms with Crippen LogP contribution >= 0.6 is 0 Å². The molecule has 0 amide bonds. The number of nitrogens with zero attached hydrogens (tertiary/aromatic N) is 3. The number of benzene rings is 1. The van der Waals surface area contributed by atoms with E-state index in [2.05, 4.69) is 52.9 Å². The molecule has 0 saturated carbocycles. The Morgan fingerprint density at radius 2 is 1.67 bits per heavy atom. The first kappa shape index (κ1) is 31.7. The summed E-state index contributed by atoms with van der Waals surface area (Å²) in [5, 5.41) is 26.9. The molecule has 2 N–H and O–H groups in total. The number of fused-ring (bicyclic) bond motifs is 1. The Morgan fingerprint density at radius 3 is 2.15 bits per heavy atom. The number of carboxylic acid groups (broad SMARTS) is 1. The topological polar surface area (TPSA) is 105 Å². The molecule has 1 aromatic heterocycles. The molecule has 0 bridgehead atoms. The molecule has 1 aliphatic heterocycles. The molecule has 1 aromatic carbocycles. The SMILES string of the molecule is CCC[CH2][Sn]([CH2]CCC)([CH2]CCC)[c]1c([N+](=O)[O-])ccc2nc([N+]3(C(C)(C)C)CCNCC3C(=O)O)ccc12. The van der Waals surface area contributed by atoms with Crippen LogP contribution < -0.4 is 13.4 Å². The number of piperazine rings is 1. The molecule has 216 valence electrons. The first-order valence-corrected chi connectivity index (χ1v) is 22.4. The number of carboxylic acids is 1. The Labute approximate surface area is 238 Å². The predicted molar refractivity (Wildman–Crippen MR) is 164 cm³/mol. The van der Waals surface area contributed by atoms with E-state index in [4.69, 9.17) is 4.98 Å². The van der Waals surface area contributed by atoms with Crippen molar-refractivity contribution in [1.82, 2.24) is 14.8 Å². The standard InChI is InChI=1S/C18H21N4O4.3C4H9.Sn/c1-18(2,3)22(9-8-19-11-15(22)17(23)24)16-7-4-12-10-13(21(25)26)5-6-14(12)20-16;3*1-3-4-2;/h4-7,15,19H,8-9,11H2,1-3H3;3*1,3-4H2,2H3;/p+1. The maximum absolute atomic E-state index is 12.5. The Kier molecular flexibility index (Phi) is 10.8. The quantitative estimate of drug-likeness (QED) is 0.113. The van der Waals surface area contributed by atoms with Crippen molar-refractivity contribution >= 4 is 50.3 Å². The van der Waals surface area contributed by atoms with Crippen LogP contribution in [0.25, 0.3) is 10.9 Å². The fraction of sp³-hybridized carbons (Fsp3) is 0.667. The molecule has 3 rings (SSSR count). The normalized spacial score (nSPS) is 20.3. The van der Waals surface area contributed by atoms with Gasteiger partial charge in [0, 0.05) is 0 Å². The van der Waals surface area contributed by atoms with Crippen LogP contribution in [-0.4, -0.2) is 70.6 Å². The van der Waals surface area contributed by atoms with Gasteiger partial charge in [0.2, 0.25) is 0 Å². The average Bonchev–Trinajstić information content (AvgIpc) is 2.91. The van der Waals surface area contributed by atoms with Gasteiger partial charge in [-0.2, -0.15) is 0 Å². The number of unbranched alkanes of at least 4 members (excludes halogenated alkanes) is 3. The van der Waals surface area contributed by atoms with Gasteiger partial charge in [-0.1, -0.05) is 0 Å². The third-order valence-electron chi connectivity index (χ3n) is 8.99. The molecular weight excluding hydrogens is 599 g/mol. The molecule has 9 heteroatoms. The second kappa shape index (κ2) is 13.3. The van der Waals surface area contributed by atoms with Gasteiger partial charge < -0.3 is 0 Å². The summed E-state index contributed by atoms with van der Waals surface area (Å²) in [4.78, 5) is 30.0. The van der Waals surface area contributed by atoms with E-state index in [1.54, 1.807) is 12.1 Å². The van der Waals surface area contributed by atoms with Gasteiger partial charge in [-0.3, -0.25) is 0 Å². The molecule has 2 aromatic rings. The van der Waals surface area contributed by atoms with Crippen molar-refractivity contribution in [1.29, 1.82) is 0 Å². The molecule has 0 radical (unpaired) electrons. The van der Waals surface area contributed by atoms with Crippen LogP contribution in [0.1, 0.15) is 80.1 Å². The van der Waals surface area contributed by atoms with Crippen LogP contribution in [0, 0.1) is 10.1 Å². The van der Waals surface area contributed by atoms with Crippen LogP contribution in [0.15, 0.2) is 24.3 Å². The molecule has 1 fully saturated rings. The minimum atomic E-state index is -3.24. The molecule has 1 saturated heterocycles. The van der Waals surface area contributed by atoms with Gasteiger partial charge >= 0.3 is 239 Å². The van der Waals surface area contributed by atoms with Gasteiger partial charge in [-0.05, 0) is 0 Å². The fourth-order valence-corrected chi connectivity index (χ4v) is 24.3. The maximum atomic E-state index is 12.5. The summed E-state index contributed by atoms with van der Waals surface area (Å²) in [6, 6.07) is 6.87. The first-order chi connectivity index (χ1) is 18.5. The van der Waals surface area contributed by atoms with Crippen molar-refractivity contribution in [2.45, 2.75) is 105 Å². The summed E-state index contributed by atoms with van der Waals surface area (Å²) in [7, 11) is 0. The van der Waals surface area contributed by atoms with Crippen molar-refractivity contribution < 1.29 is 14.8 Å². The zero-order chi connectivity index (χ0) is 28.8. The van der Waals surface area contributed by atoms with Crippen molar-refractivity contribution in [2.24, 2.45) is 0 Å². The molecule has 0 spiro atoms. The molecule has 2 atom stereocenters. The van der Waals surface area contributed by atoms with Gasteiger partial charge in [0.1, 0.15) is 0 Å². The van der Waals surface area contributed by atoms with Gasteiger partial charge in [-0.25, -0.2) is 0 Å². The fourth-order valence-electron chi connectivity index (χ4n) is 6.91. The van der Waals surface area contributed by atoms with E-state index < -0.39 is 35.9 Å². The number of nitro groups is 1. The summed E-state index contributed by atoms with van der Waals surface area (Å²) in [6.45, 7) is 14.6. The van der Waals surface area contributed by atoms with Gasteiger partial charge in [0.25, 0.3) is 0 Å². The van der Waals surface area contributed by atoms with Gasteiger partial charge in [0.15, 0.2) is 0 Å². The summed E-state index contributed by atoms with van der Waals surface area (Å²) < 4.78 is 4.66. The molecule has 1 aliphatic rings. The number of carbonyl (C=O) groups is 1. The number of nitro benzene ring substituents is 1. The summed E-state index contributed by atoms with van der Waals surface area (Å²) in [5.41, 5.74) is 0.645. The molecular formula is C30H49N4O4Sn+. The third-order valence-corrected chi connectivity index (χ3v) is 24.7. The van der Waals surface area contributed by atoms with Crippen LogP contribution in [0.5, 0.6) is 0 Å². The molecule has 8 nitrogen and oxygen atoms in total. The van der Waals surface area contributed by atoms with Crippen LogP contribution in [0.2, 0.25) is 13.3 Å². The van der Waals surface area contributed by atoms with E-state index in [9.17, 15) is 20.0 Å². The Balaban J connectivity index is 2.35. The van der Waals surface area contributed by atoms with Crippen molar-refractivity contribution in [3.8, 4) is 0 Å². The zero-order valence-electron chi connectivity index (χ0n) is 24.9. The minimum absolute atomic E-state index is 0.168.